The fourth-order valence-electron chi connectivity index (χ4n) is 3.14. The van der Waals surface area contributed by atoms with Gasteiger partial charge in [0.05, 0.1) is 23.8 Å². The van der Waals surface area contributed by atoms with Crippen LogP contribution in [0.5, 0.6) is 0 Å². The average Bonchev–Trinajstić information content (AvgIpc) is 3.50. The summed E-state index contributed by atoms with van der Waals surface area (Å²) in [7, 11) is 0. The van der Waals surface area contributed by atoms with Crippen molar-refractivity contribution in [1.29, 1.82) is 0 Å². The third kappa shape index (κ3) is 3.34. The molecule has 4 aromatic heterocycles. The number of anilines is 1. The number of amides is 1. The number of benzene rings is 1. The van der Waals surface area contributed by atoms with Crippen molar-refractivity contribution in [2.24, 2.45) is 5.10 Å². The lowest BCUT2D eigenvalue weighted by molar-refractivity contribution is 0.0953. The molecule has 0 atom stereocenters. The topological polar surface area (TPSA) is 98.2 Å². The number of rotatable bonds is 5. The maximum absolute atomic E-state index is 13.0. The van der Waals surface area contributed by atoms with Gasteiger partial charge in [0.2, 0.25) is 0 Å². The molecular weight excluding hydrogens is 416 g/mol. The summed E-state index contributed by atoms with van der Waals surface area (Å²) in [6, 6.07) is 15.3. The van der Waals surface area contributed by atoms with E-state index in [-0.39, 0.29) is 17.3 Å². The van der Waals surface area contributed by atoms with Crippen LogP contribution in [0.2, 0.25) is 0 Å². The minimum Gasteiger partial charge on any atom is -0.383 e. The van der Waals surface area contributed by atoms with Gasteiger partial charge in [-0.1, -0.05) is 24.3 Å². The Morgan fingerprint density at radius 3 is 2.57 bits per heavy atom. The Labute approximate surface area is 179 Å². The number of para-hydroxylation sites is 2. The lowest BCUT2D eigenvalue weighted by Gasteiger charge is -2.04. The molecule has 5 rings (SSSR count). The molecule has 5 aromatic rings. The number of nitrogen functional groups attached to an aromatic ring is 1. The molecule has 0 spiro atoms. The van der Waals surface area contributed by atoms with E-state index < -0.39 is 0 Å². The minimum absolute atomic E-state index is 0.205. The summed E-state index contributed by atoms with van der Waals surface area (Å²) in [5, 5.41) is 11.4. The van der Waals surface area contributed by atoms with Gasteiger partial charge in [-0.25, -0.2) is 9.97 Å². The summed E-state index contributed by atoms with van der Waals surface area (Å²) in [6.45, 7) is 0.419. The van der Waals surface area contributed by atoms with Crippen molar-refractivity contribution >= 4 is 62.8 Å². The highest BCUT2D eigenvalue weighted by Crippen LogP contribution is 2.28. The number of nitrogens with zero attached hydrogens (tertiary/aromatic N) is 4. The average molecular weight is 433 g/mol. The van der Waals surface area contributed by atoms with Gasteiger partial charge in [-0.15, -0.1) is 22.7 Å². The van der Waals surface area contributed by atoms with E-state index in [2.05, 4.69) is 20.4 Å². The second-order valence-electron chi connectivity index (χ2n) is 6.48. The van der Waals surface area contributed by atoms with Gasteiger partial charge in [0, 0.05) is 9.75 Å². The molecular formula is C21H16N6OS2. The molecule has 0 bridgehead atoms. The largest absolute Gasteiger partial charge is 0.383 e. The second kappa shape index (κ2) is 7.69. The molecule has 0 aliphatic rings. The van der Waals surface area contributed by atoms with Crippen LogP contribution in [0.25, 0.3) is 22.2 Å². The maximum Gasteiger partial charge on any atom is 0.257 e. The first kappa shape index (κ1) is 18.5. The van der Waals surface area contributed by atoms with Crippen LogP contribution in [0.1, 0.15) is 20.1 Å². The molecule has 0 aliphatic heterocycles. The van der Waals surface area contributed by atoms with E-state index in [4.69, 9.17) is 5.73 Å². The van der Waals surface area contributed by atoms with Crippen molar-refractivity contribution in [3.8, 4) is 0 Å². The molecule has 1 amide bonds. The zero-order chi connectivity index (χ0) is 20.5. The Balaban J connectivity index is 1.63. The number of carbonyl (C=O) groups excluding carboxylic acids is 1. The van der Waals surface area contributed by atoms with Gasteiger partial charge in [0.1, 0.15) is 16.9 Å². The van der Waals surface area contributed by atoms with Crippen LogP contribution in [0.3, 0.4) is 0 Å². The standard InChI is InChI=1S/C21H16N6OS2/c22-19-17(21(28)23-11-13-5-3-9-29-13)18-20(26-16-8-2-1-7-15(16)25-18)27(19)24-12-14-6-4-10-30-14/h1-10,12H,11,22H2,(H,23,28). The van der Waals surface area contributed by atoms with Gasteiger partial charge >= 0.3 is 0 Å². The van der Waals surface area contributed by atoms with Crippen molar-refractivity contribution in [3.05, 3.63) is 74.6 Å². The molecule has 0 fully saturated rings. The molecule has 7 nitrogen and oxygen atoms in total. The number of nitrogens with one attached hydrogen (secondary N) is 1. The second-order valence-corrected chi connectivity index (χ2v) is 8.49. The SMILES string of the molecule is Nc1c(C(=O)NCc2cccs2)c2nc3ccccc3nc2n1N=Cc1cccs1. The summed E-state index contributed by atoms with van der Waals surface area (Å²) in [5.74, 6) is -0.0997. The molecule has 0 unspecified atom stereocenters. The number of fused-ring (bicyclic) bond motifs is 2. The molecule has 4 heterocycles. The van der Waals surface area contributed by atoms with Crippen molar-refractivity contribution in [1.82, 2.24) is 20.0 Å². The van der Waals surface area contributed by atoms with Crippen LogP contribution in [0.4, 0.5) is 5.82 Å². The minimum atomic E-state index is -0.305. The maximum atomic E-state index is 13.0. The zero-order valence-electron chi connectivity index (χ0n) is 15.6. The fraction of sp³-hybridized carbons (Fsp3) is 0.0476. The van der Waals surface area contributed by atoms with E-state index in [1.807, 2.05) is 59.3 Å². The number of hydrogen-bond acceptors (Lipinski definition) is 7. The number of thiophene rings is 2. The molecule has 0 saturated carbocycles. The van der Waals surface area contributed by atoms with Crippen LogP contribution in [-0.2, 0) is 6.54 Å². The predicted octanol–water partition coefficient (Wildman–Crippen LogP) is 4.10. The molecule has 148 valence electrons. The molecule has 9 heteroatoms. The van der Waals surface area contributed by atoms with Crippen LogP contribution < -0.4 is 11.1 Å². The summed E-state index contributed by atoms with van der Waals surface area (Å²) in [4.78, 5) is 24.4. The van der Waals surface area contributed by atoms with Crippen molar-refractivity contribution < 1.29 is 4.79 Å². The van der Waals surface area contributed by atoms with Gasteiger partial charge in [0.25, 0.3) is 5.91 Å². The van der Waals surface area contributed by atoms with Gasteiger partial charge < -0.3 is 11.1 Å². The predicted molar refractivity (Wildman–Crippen MR) is 122 cm³/mol. The van der Waals surface area contributed by atoms with E-state index in [9.17, 15) is 4.79 Å². The molecule has 0 aliphatic carbocycles. The van der Waals surface area contributed by atoms with Gasteiger partial charge in [0.15, 0.2) is 5.65 Å². The van der Waals surface area contributed by atoms with E-state index in [1.54, 1.807) is 28.9 Å². The van der Waals surface area contributed by atoms with Gasteiger partial charge in [-0.2, -0.15) is 9.78 Å². The highest BCUT2D eigenvalue weighted by Gasteiger charge is 2.24. The smallest absolute Gasteiger partial charge is 0.257 e. The highest BCUT2D eigenvalue weighted by molar-refractivity contribution is 7.11. The Kier molecular flexibility index (Phi) is 4.74. The quantitative estimate of drug-likeness (QED) is 0.409. The highest BCUT2D eigenvalue weighted by atomic mass is 32.1. The van der Waals surface area contributed by atoms with Crippen molar-refractivity contribution in [3.63, 3.8) is 0 Å². The summed E-state index contributed by atoms with van der Waals surface area (Å²) >= 11 is 3.14. The van der Waals surface area contributed by atoms with E-state index in [1.165, 1.54) is 4.68 Å². The third-order valence-corrected chi connectivity index (χ3v) is 6.23. The van der Waals surface area contributed by atoms with E-state index in [0.717, 1.165) is 9.75 Å². The Hall–Kier alpha value is -3.56. The first-order chi connectivity index (χ1) is 14.7. The first-order valence-electron chi connectivity index (χ1n) is 9.16. The van der Waals surface area contributed by atoms with Crippen LogP contribution in [0.15, 0.2) is 64.4 Å². The summed E-state index contributed by atoms with van der Waals surface area (Å²) < 4.78 is 1.48. The lowest BCUT2D eigenvalue weighted by atomic mass is 10.2. The molecule has 3 N–H and O–H groups in total. The van der Waals surface area contributed by atoms with Crippen LogP contribution >= 0.6 is 22.7 Å². The monoisotopic (exact) mass is 432 g/mol. The number of aromatic nitrogens is 3. The first-order valence-corrected chi connectivity index (χ1v) is 10.9. The summed E-state index contributed by atoms with van der Waals surface area (Å²) in [5.41, 5.74) is 8.94. The van der Waals surface area contributed by atoms with Crippen molar-refractivity contribution in [2.75, 3.05) is 5.73 Å². The molecule has 0 saturated heterocycles. The van der Waals surface area contributed by atoms with E-state index in [0.29, 0.717) is 28.7 Å². The third-order valence-electron chi connectivity index (χ3n) is 4.55. The zero-order valence-corrected chi connectivity index (χ0v) is 17.3. The summed E-state index contributed by atoms with van der Waals surface area (Å²) in [6.07, 6.45) is 1.70. The Bertz CT molecular complexity index is 1370. The normalized spacial score (nSPS) is 11.6. The number of nitrogens with two attached hydrogens (primary N) is 1. The van der Waals surface area contributed by atoms with Crippen molar-refractivity contribution in [2.45, 2.75) is 6.54 Å². The number of hydrogen-bond donors (Lipinski definition) is 2. The van der Waals surface area contributed by atoms with Gasteiger partial charge in [-0.3, -0.25) is 4.79 Å². The van der Waals surface area contributed by atoms with Crippen LogP contribution in [-0.4, -0.2) is 26.8 Å². The Morgan fingerprint density at radius 1 is 1.07 bits per heavy atom. The molecule has 0 radical (unpaired) electrons. The molecule has 30 heavy (non-hydrogen) atoms. The molecule has 1 aromatic carbocycles. The lowest BCUT2D eigenvalue weighted by Crippen LogP contribution is -2.23. The Morgan fingerprint density at radius 2 is 1.83 bits per heavy atom. The number of carbonyl (C=O) groups is 1. The van der Waals surface area contributed by atoms with E-state index >= 15 is 0 Å². The fourth-order valence-corrected chi connectivity index (χ4v) is 4.36. The van der Waals surface area contributed by atoms with Crippen LogP contribution in [0, 0.1) is 0 Å². The van der Waals surface area contributed by atoms with Gasteiger partial charge in [-0.05, 0) is 35.0 Å².